The first-order valence-electron chi connectivity index (χ1n) is 5.85. The number of anilines is 1. The van der Waals surface area contributed by atoms with E-state index >= 15 is 0 Å². The van der Waals surface area contributed by atoms with Crippen molar-refractivity contribution in [2.24, 2.45) is 0 Å². The molecular weight excluding hydrogens is 266 g/mol. The molecule has 0 fully saturated rings. The normalized spacial score (nSPS) is 11.1. The summed E-state index contributed by atoms with van der Waals surface area (Å²) in [6.45, 7) is 5.78. The summed E-state index contributed by atoms with van der Waals surface area (Å²) in [6, 6.07) is 0. The lowest BCUT2D eigenvalue weighted by atomic mass is 10.2. The molecule has 6 heteroatoms. The fraction of sp³-hybridized carbons (Fsp3) is 0.500. The maximum absolute atomic E-state index is 4.99. The van der Waals surface area contributed by atoms with E-state index in [1.165, 1.54) is 0 Å². The lowest BCUT2D eigenvalue weighted by molar-refractivity contribution is 0.211. The van der Waals surface area contributed by atoms with Gasteiger partial charge in [-0.3, -0.25) is 0 Å². The topological polar surface area (TPSA) is 47.0 Å². The molecule has 4 nitrogen and oxygen atoms in total. The summed E-state index contributed by atoms with van der Waals surface area (Å²) in [7, 11) is 1.69. The minimum Gasteiger partial charge on any atom is -0.383 e. The van der Waals surface area contributed by atoms with Crippen LogP contribution < -0.4 is 5.32 Å². The number of ether oxygens (including phenoxy) is 1. The first-order valence-corrected chi connectivity index (χ1v) is 7.54. The van der Waals surface area contributed by atoms with Gasteiger partial charge in [0.05, 0.1) is 22.2 Å². The Bertz CT molecular complexity index is 493. The van der Waals surface area contributed by atoms with Gasteiger partial charge in [-0.05, 0) is 0 Å². The standard InChI is InChI=1S/C12H17N3OS2/c1-8(2)11-14-6-10(18-11)9-7-17-12(15-9)13-4-5-16-3/h6-8H,4-5H2,1-3H3,(H,13,15). The van der Waals surface area contributed by atoms with E-state index in [0.29, 0.717) is 12.5 Å². The van der Waals surface area contributed by atoms with Gasteiger partial charge in [0.15, 0.2) is 5.13 Å². The summed E-state index contributed by atoms with van der Waals surface area (Å²) in [5.74, 6) is 0.474. The molecule has 0 saturated carbocycles. The van der Waals surface area contributed by atoms with Gasteiger partial charge in [0, 0.05) is 31.1 Å². The van der Waals surface area contributed by atoms with Gasteiger partial charge in [0.25, 0.3) is 0 Å². The number of rotatable bonds is 6. The van der Waals surface area contributed by atoms with Crippen LogP contribution in [0.25, 0.3) is 10.6 Å². The van der Waals surface area contributed by atoms with E-state index in [-0.39, 0.29) is 0 Å². The van der Waals surface area contributed by atoms with Gasteiger partial charge >= 0.3 is 0 Å². The molecule has 2 rings (SSSR count). The predicted molar refractivity (Wildman–Crippen MR) is 77.7 cm³/mol. The molecule has 1 N–H and O–H groups in total. The minimum atomic E-state index is 0.474. The van der Waals surface area contributed by atoms with Gasteiger partial charge in [0.1, 0.15) is 0 Å². The maximum Gasteiger partial charge on any atom is 0.183 e. The summed E-state index contributed by atoms with van der Waals surface area (Å²) in [4.78, 5) is 10.1. The quantitative estimate of drug-likeness (QED) is 0.825. The van der Waals surface area contributed by atoms with Crippen molar-refractivity contribution in [3.05, 3.63) is 16.6 Å². The summed E-state index contributed by atoms with van der Waals surface area (Å²) >= 11 is 3.33. The zero-order valence-corrected chi connectivity index (χ0v) is 12.4. The number of aromatic nitrogens is 2. The molecule has 98 valence electrons. The Morgan fingerprint density at radius 2 is 2.28 bits per heavy atom. The van der Waals surface area contributed by atoms with E-state index in [4.69, 9.17) is 4.74 Å². The molecule has 0 aliphatic carbocycles. The van der Waals surface area contributed by atoms with Gasteiger partial charge in [-0.2, -0.15) is 0 Å². The monoisotopic (exact) mass is 283 g/mol. The number of thiazole rings is 2. The fourth-order valence-corrected chi connectivity index (χ4v) is 3.10. The van der Waals surface area contributed by atoms with Crippen LogP contribution in [-0.4, -0.2) is 30.2 Å². The van der Waals surface area contributed by atoms with Crippen LogP contribution in [-0.2, 0) is 4.74 Å². The first kappa shape index (κ1) is 13.5. The van der Waals surface area contributed by atoms with Gasteiger partial charge in [-0.25, -0.2) is 9.97 Å². The van der Waals surface area contributed by atoms with E-state index in [1.54, 1.807) is 29.8 Å². The molecule has 0 radical (unpaired) electrons. The molecular formula is C12H17N3OS2. The molecule has 0 unspecified atom stereocenters. The van der Waals surface area contributed by atoms with Gasteiger partial charge in [0.2, 0.25) is 0 Å². The Morgan fingerprint density at radius 1 is 1.44 bits per heavy atom. The molecule has 0 aromatic carbocycles. The summed E-state index contributed by atoms with van der Waals surface area (Å²) < 4.78 is 4.99. The van der Waals surface area contributed by atoms with Crippen LogP contribution in [0, 0.1) is 0 Å². The Hall–Kier alpha value is -0.980. The third kappa shape index (κ3) is 3.28. The molecule has 2 heterocycles. The average molecular weight is 283 g/mol. The number of hydrogen-bond donors (Lipinski definition) is 1. The zero-order valence-electron chi connectivity index (χ0n) is 10.8. The first-order chi connectivity index (χ1) is 8.70. The van der Waals surface area contributed by atoms with Crippen LogP contribution in [0.5, 0.6) is 0 Å². The van der Waals surface area contributed by atoms with E-state index in [2.05, 4.69) is 34.5 Å². The highest BCUT2D eigenvalue weighted by Gasteiger charge is 2.10. The second-order valence-corrected chi connectivity index (χ2v) is 6.10. The molecule has 0 aliphatic heterocycles. The smallest absolute Gasteiger partial charge is 0.183 e. The third-order valence-electron chi connectivity index (χ3n) is 2.36. The number of hydrogen-bond acceptors (Lipinski definition) is 6. The van der Waals surface area contributed by atoms with Crippen molar-refractivity contribution in [2.75, 3.05) is 25.6 Å². The molecule has 2 aromatic rings. The average Bonchev–Trinajstić information content (AvgIpc) is 2.97. The van der Waals surface area contributed by atoms with Gasteiger partial charge in [-0.15, -0.1) is 22.7 Å². The van der Waals surface area contributed by atoms with E-state index in [1.807, 2.05) is 6.20 Å². The third-order valence-corrected chi connectivity index (χ3v) is 4.48. The molecule has 18 heavy (non-hydrogen) atoms. The molecule has 0 atom stereocenters. The van der Waals surface area contributed by atoms with Gasteiger partial charge in [-0.1, -0.05) is 13.8 Å². The van der Waals surface area contributed by atoms with Crippen molar-refractivity contribution in [3.63, 3.8) is 0 Å². The van der Waals surface area contributed by atoms with Crippen molar-refractivity contribution in [1.82, 2.24) is 9.97 Å². The molecule has 0 aliphatic rings. The van der Waals surface area contributed by atoms with Crippen molar-refractivity contribution in [2.45, 2.75) is 19.8 Å². The highest BCUT2D eigenvalue weighted by atomic mass is 32.1. The minimum absolute atomic E-state index is 0.474. The Balaban J connectivity index is 2.04. The van der Waals surface area contributed by atoms with E-state index in [0.717, 1.165) is 27.3 Å². The predicted octanol–water partition coefficient (Wildman–Crippen LogP) is 3.45. The Kier molecular flexibility index (Phi) is 4.68. The van der Waals surface area contributed by atoms with Crippen molar-refractivity contribution < 1.29 is 4.74 Å². The highest BCUT2D eigenvalue weighted by Crippen LogP contribution is 2.31. The fourth-order valence-electron chi connectivity index (χ4n) is 1.40. The largest absolute Gasteiger partial charge is 0.383 e. The van der Waals surface area contributed by atoms with Crippen LogP contribution in [0.3, 0.4) is 0 Å². The molecule has 0 spiro atoms. The second kappa shape index (κ2) is 6.26. The lowest BCUT2D eigenvalue weighted by Gasteiger charge is -1.99. The van der Waals surface area contributed by atoms with E-state index < -0.39 is 0 Å². The number of methoxy groups -OCH3 is 1. The number of nitrogens with zero attached hydrogens (tertiary/aromatic N) is 2. The Morgan fingerprint density at radius 3 is 2.94 bits per heavy atom. The molecule has 0 amide bonds. The van der Waals surface area contributed by atoms with Crippen molar-refractivity contribution >= 4 is 27.8 Å². The van der Waals surface area contributed by atoms with Crippen LogP contribution in [0.15, 0.2) is 11.6 Å². The van der Waals surface area contributed by atoms with E-state index in [9.17, 15) is 0 Å². The molecule has 0 saturated heterocycles. The summed E-state index contributed by atoms with van der Waals surface area (Å²) in [5.41, 5.74) is 1.00. The summed E-state index contributed by atoms with van der Waals surface area (Å²) in [5, 5.41) is 7.39. The van der Waals surface area contributed by atoms with Crippen LogP contribution in [0.1, 0.15) is 24.8 Å². The maximum atomic E-state index is 4.99. The van der Waals surface area contributed by atoms with Gasteiger partial charge < -0.3 is 10.1 Å². The Labute approximate surface area is 115 Å². The van der Waals surface area contributed by atoms with Crippen LogP contribution in [0.2, 0.25) is 0 Å². The summed E-state index contributed by atoms with van der Waals surface area (Å²) in [6.07, 6.45) is 1.91. The zero-order chi connectivity index (χ0) is 13.0. The molecule has 2 aromatic heterocycles. The van der Waals surface area contributed by atoms with Crippen LogP contribution in [0.4, 0.5) is 5.13 Å². The second-order valence-electron chi connectivity index (χ2n) is 4.17. The lowest BCUT2D eigenvalue weighted by Crippen LogP contribution is -2.06. The number of nitrogens with one attached hydrogen (secondary N) is 1. The molecule has 0 bridgehead atoms. The van der Waals surface area contributed by atoms with Crippen LogP contribution >= 0.6 is 22.7 Å². The highest BCUT2D eigenvalue weighted by molar-refractivity contribution is 7.16. The van der Waals surface area contributed by atoms with Crippen molar-refractivity contribution in [3.8, 4) is 10.6 Å². The van der Waals surface area contributed by atoms with Crippen molar-refractivity contribution in [1.29, 1.82) is 0 Å². The SMILES string of the molecule is COCCNc1nc(-c2cnc(C(C)C)s2)cs1.